The SMILES string of the molecule is O=c1[nH]c(/C(=C2\c3ccc(Cc4c(C5CC5)nc5c(Cl)cccn45)cc3COc3cc(F)ccc32)C2CC2)no1. The standard InChI is InChI=1S/C31H24ClFN4O3/c32-23-2-1-11-37-24(28(18-6-7-18)34-30(23)37)13-16-3-9-21-19(12-16)15-39-25-14-20(33)8-10-22(25)27(21)26(17-4-5-17)29-35-31(38)40-36-29/h1-3,8-12,14,17-18H,4-7,13,15H2,(H,35,36,38)/b27-26+. The molecule has 200 valence electrons. The van der Waals surface area contributed by atoms with Gasteiger partial charge in [0.2, 0.25) is 0 Å². The Balaban J connectivity index is 1.29. The van der Waals surface area contributed by atoms with Crippen molar-refractivity contribution in [2.75, 3.05) is 0 Å². The highest BCUT2D eigenvalue weighted by Gasteiger charge is 2.35. The predicted molar refractivity (Wildman–Crippen MR) is 148 cm³/mol. The molecule has 2 saturated carbocycles. The lowest BCUT2D eigenvalue weighted by Gasteiger charge is -2.16. The van der Waals surface area contributed by atoms with Crippen LogP contribution in [0.3, 0.4) is 0 Å². The van der Waals surface area contributed by atoms with Gasteiger partial charge in [0, 0.05) is 41.3 Å². The number of halogens is 2. The lowest BCUT2D eigenvalue weighted by atomic mass is 9.87. The molecule has 5 aromatic rings. The number of imidazole rings is 1. The number of pyridine rings is 1. The number of ether oxygens (including phenoxy) is 1. The maximum absolute atomic E-state index is 14.3. The number of hydrogen-bond donors (Lipinski definition) is 1. The smallest absolute Gasteiger partial charge is 0.439 e. The maximum atomic E-state index is 14.3. The van der Waals surface area contributed by atoms with Crippen molar-refractivity contribution in [3.05, 3.63) is 116 Å². The molecule has 3 aromatic heterocycles. The first-order valence-corrected chi connectivity index (χ1v) is 13.9. The number of H-pyrrole nitrogens is 1. The summed E-state index contributed by atoms with van der Waals surface area (Å²) in [5.41, 5.74) is 8.68. The molecule has 1 N–H and O–H groups in total. The van der Waals surface area contributed by atoms with Gasteiger partial charge in [0.15, 0.2) is 11.5 Å². The molecule has 2 aliphatic carbocycles. The van der Waals surface area contributed by atoms with Crippen LogP contribution in [-0.2, 0) is 13.0 Å². The van der Waals surface area contributed by atoms with Gasteiger partial charge in [0.25, 0.3) is 0 Å². The van der Waals surface area contributed by atoms with Gasteiger partial charge in [-0.05, 0) is 72.6 Å². The van der Waals surface area contributed by atoms with Gasteiger partial charge in [0.05, 0.1) is 16.4 Å². The summed E-state index contributed by atoms with van der Waals surface area (Å²) in [5.74, 6) is 0.582. The molecule has 3 aliphatic rings. The van der Waals surface area contributed by atoms with E-state index in [9.17, 15) is 9.18 Å². The summed E-state index contributed by atoms with van der Waals surface area (Å²) in [4.78, 5) is 19.6. The topological polar surface area (TPSA) is 85.4 Å². The fourth-order valence-electron chi connectivity index (χ4n) is 5.92. The summed E-state index contributed by atoms with van der Waals surface area (Å²) in [6.45, 7) is 0.283. The average Bonchev–Trinajstić information content (AvgIpc) is 3.88. The van der Waals surface area contributed by atoms with Gasteiger partial charge in [-0.1, -0.05) is 35.0 Å². The van der Waals surface area contributed by atoms with E-state index in [1.165, 1.54) is 12.1 Å². The quantitative estimate of drug-likeness (QED) is 0.267. The Kier molecular flexibility index (Phi) is 5.29. The van der Waals surface area contributed by atoms with Crippen molar-refractivity contribution in [1.29, 1.82) is 0 Å². The van der Waals surface area contributed by atoms with Crippen molar-refractivity contribution >= 4 is 28.4 Å². The maximum Gasteiger partial charge on any atom is 0.439 e. The Morgan fingerprint density at radius 2 is 1.95 bits per heavy atom. The zero-order chi connectivity index (χ0) is 27.0. The second-order valence-electron chi connectivity index (χ2n) is 10.9. The highest BCUT2D eigenvalue weighted by Crippen LogP contribution is 2.50. The minimum atomic E-state index is -0.604. The lowest BCUT2D eigenvalue weighted by Crippen LogP contribution is -2.04. The van der Waals surface area contributed by atoms with Gasteiger partial charge in [-0.2, -0.15) is 0 Å². The molecular weight excluding hydrogens is 531 g/mol. The van der Waals surface area contributed by atoms with E-state index in [4.69, 9.17) is 25.8 Å². The first kappa shape index (κ1) is 23.7. The number of nitrogens with zero attached hydrogens (tertiary/aromatic N) is 3. The molecule has 9 heteroatoms. The number of rotatable bonds is 5. The second kappa shape index (κ2) is 8.93. The summed E-state index contributed by atoms with van der Waals surface area (Å²) in [6, 6.07) is 14.8. The number of allylic oxidation sites excluding steroid dienone is 1. The van der Waals surface area contributed by atoms with Crippen LogP contribution < -0.4 is 10.5 Å². The highest BCUT2D eigenvalue weighted by atomic mass is 35.5. The van der Waals surface area contributed by atoms with Crippen LogP contribution in [0.15, 0.2) is 64.0 Å². The Hall–Kier alpha value is -4.17. The second-order valence-corrected chi connectivity index (χ2v) is 11.3. The van der Waals surface area contributed by atoms with Crippen molar-refractivity contribution in [2.24, 2.45) is 5.92 Å². The monoisotopic (exact) mass is 554 g/mol. The van der Waals surface area contributed by atoms with Crippen molar-refractivity contribution in [3.8, 4) is 5.75 Å². The van der Waals surface area contributed by atoms with Gasteiger partial charge in [-0.15, -0.1) is 0 Å². The Morgan fingerprint density at radius 3 is 2.73 bits per heavy atom. The van der Waals surface area contributed by atoms with Crippen molar-refractivity contribution in [2.45, 2.75) is 44.6 Å². The number of aromatic amines is 1. The van der Waals surface area contributed by atoms with Crippen LogP contribution in [-0.4, -0.2) is 19.5 Å². The minimum absolute atomic E-state index is 0.211. The summed E-state index contributed by atoms with van der Waals surface area (Å²) in [7, 11) is 0. The molecule has 0 unspecified atom stereocenters. The van der Waals surface area contributed by atoms with E-state index in [1.807, 2.05) is 18.3 Å². The van der Waals surface area contributed by atoms with Gasteiger partial charge < -0.3 is 9.14 Å². The van der Waals surface area contributed by atoms with Crippen molar-refractivity contribution in [3.63, 3.8) is 0 Å². The van der Waals surface area contributed by atoms with E-state index < -0.39 is 5.76 Å². The van der Waals surface area contributed by atoms with Crippen molar-refractivity contribution in [1.82, 2.24) is 19.5 Å². The van der Waals surface area contributed by atoms with Crippen LogP contribution in [0, 0.1) is 11.7 Å². The van der Waals surface area contributed by atoms with Gasteiger partial charge in [-0.3, -0.25) is 9.51 Å². The predicted octanol–water partition coefficient (Wildman–Crippen LogP) is 6.53. The number of nitrogens with one attached hydrogen (secondary N) is 1. The molecule has 0 spiro atoms. The van der Waals surface area contributed by atoms with E-state index >= 15 is 0 Å². The van der Waals surface area contributed by atoms with Crippen LogP contribution in [0.25, 0.3) is 16.8 Å². The molecule has 4 heterocycles. The Morgan fingerprint density at radius 1 is 1.10 bits per heavy atom. The zero-order valence-corrected chi connectivity index (χ0v) is 22.2. The van der Waals surface area contributed by atoms with E-state index in [2.05, 4.69) is 32.7 Å². The van der Waals surface area contributed by atoms with E-state index in [0.717, 1.165) is 76.1 Å². The molecule has 0 amide bonds. The number of benzene rings is 2. The van der Waals surface area contributed by atoms with Gasteiger partial charge in [-0.25, -0.2) is 14.2 Å². The first-order valence-electron chi connectivity index (χ1n) is 13.5. The Bertz CT molecular complexity index is 1910. The molecule has 0 radical (unpaired) electrons. The molecule has 2 aromatic carbocycles. The molecule has 8 rings (SSSR count). The van der Waals surface area contributed by atoms with Gasteiger partial charge in [0.1, 0.15) is 18.2 Å². The number of aromatic nitrogens is 4. The minimum Gasteiger partial charge on any atom is -0.488 e. The molecule has 1 aliphatic heterocycles. The fourth-order valence-corrected chi connectivity index (χ4v) is 6.13. The summed E-state index contributed by atoms with van der Waals surface area (Å²) >= 11 is 6.50. The normalized spacial score (nSPS) is 17.8. The highest BCUT2D eigenvalue weighted by molar-refractivity contribution is 6.33. The fraction of sp³-hybridized carbons (Fsp3) is 0.258. The molecule has 2 fully saturated rings. The zero-order valence-electron chi connectivity index (χ0n) is 21.4. The first-order chi connectivity index (χ1) is 19.5. The Labute approximate surface area is 233 Å². The third-order valence-corrected chi connectivity index (χ3v) is 8.35. The number of fused-ring (bicyclic) bond motifs is 3. The van der Waals surface area contributed by atoms with E-state index in [-0.39, 0.29) is 18.3 Å². The molecular formula is C31H24ClFN4O3. The summed E-state index contributed by atoms with van der Waals surface area (Å²) in [5, 5.41) is 4.69. The van der Waals surface area contributed by atoms with Crippen LogP contribution >= 0.6 is 11.6 Å². The molecule has 40 heavy (non-hydrogen) atoms. The molecule has 7 nitrogen and oxygen atoms in total. The summed E-state index contributed by atoms with van der Waals surface area (Å²) < 4.78 is 27.5. The molecule has 0 atom stereocenters. The largest absolute Gasteiger partial charge is 0.488 e. The molecule has 0 saturated heterocycles. The summed E-state index contributed by atoms with van der Waals surface area (Å²) in [6.07, 6.45) is 6.94. The third-order valence-electron chi connectivity index (χ3n) is 8.05. The third kappa shape index (κ3) is 3.97. The van der Waals surface area contributed by atoms with Crippen LogP contribution in [0.2, 0.25) is 5.02 Å². The lowest BCUT2D eigenvalue weighted by molar-refractivity contribution is 0.305. The number of hydrogen-bond acceptors (Lipinski definition) is 5. The van der Waals surface area contributed by atoms with Crippen LogP contribution in [0.5, 0.6) is 5.75 Å². The molecule has 0 bridgehead atoms. The van der Waals surface area contributed by atoms with Gasteiger partial charge >= 0.3 is 5.76 Å². The van der Waals surface area contributed by atoms with E-state index in [0.29, 0.717) is 28.9 Å². The average molecular weight is 555 g/mol. The van der Waals surface area contributed by atoms with E-state index in [1.54, 1.807) is 6.07 Å². The van der Waals surface area contributed by atoms with Crippen molar-refractivity contribution < 1.29 is 13.7 Å². The van der Waals surface area contributed by atoms with Crippen LogP contribution in [0.1, 0.15) is 71.1 Å². The van der Waals surface area contributed by atoms with Crippen LogP contribution in [0.4, 0.5) is 4.39 Å².